The van der Waals surface area contributed by atoms with Crippen LogP contribution in [0.2, 0.25) is 0 Å². The Morgan fingerprint density at radius 2 is 1.82 bits per heavy atom. The number of furan rings is 1. The molecule has 0 saturated carbocycles. The van der Waals surface area contributed by atoms with Crippen molar-refractivity contribution in [2.75, 3.05) is 5.32 Å². The molecule has 5 rings (SSSR count). The van der Waals surface area contributed by atoms with Crippen LogP contribution in [0, 0.1) is 20.8 Å². The van der Waals surface area contributed by atoms with Crippen LogP contribution in [-0.2, 0) is 0 Å². The van der Waals surface area contributed by atoms with E-state index in [9.17, 15) is 9.90 Å². The number of phenolic OH excluding ortho intramolecular Hbond substituents is 1. The zero-order valence-corrected chi connectivity index (χ0v) is 18.3. The van der Waals surface area contributed by atoms with Gasteiger partial charge in [0.1, 0.15) is 34.4 Å². The van der Waals surface area contributed by atoms with Crippen molar-refractivity contribution in [2.24, 2.45) is 0 Å². The van der Waals surface area contributed by atoms with Crippen LogP contribution in [0.25, 0.3) is 21.9 Å². The van der Waals surface area contributed by atoms with Crippen molar-refractivity contribution in [3.05, 3.63) is 83.4 Å². The number of amides is 1. The third kappa shape index (κ3) is 3.96. The number of benzene rings is 2. The highest BCUT2D eigenvalue weighted by atomic mass is 16.5. The van der Waals surface area contributed by atoms with Gasteiger partial charge in [0.2, 0.25) is 0 Å². The van der Waals surface area contributed by atoms with Crippen LogP contribution < -0.4 is 10.1 Å². The summed E-state index contributed by atoms with van der Waals surface area (Å²) in [6, 6.07) is 15.8. The number of carbonyl (C=O) groups is 1. The van der Waals surface area contributed by atoms with E-state index in [1.54, 1.807) is 55.6 Å². The molecule has 164 valence electrons. The van der Waals surface area contributed by atoms with Gasteiger partial charge in [-0.05, 0) is 68.8 Å². The van der Waals surface area contributed by atoms with Gasteiger partial charge in [-0.2, -0.15) is 0 Å². The molecule has 0 radical (unpaired) electrons. The maximum Gasteiger partial charge on any atom is 0.260 e. The van der Waals surface area contributed by atoms with E-state index in [0.717, 1.165) is 16.6 Å². The summed E-state index contributed by atoms with van der Waals surface area (Å²) in [6.07, 6.45) is 1.62. The monoisotopic (exact) mass is 439 g/mol. The van der Waals surface area contributed by atoms with Crippen molar-refractivity contribution in [3.8, 4) is 17.2 Å². The molecule has 0 fully saturated rings. The minimum Gasteiger partial charge on any atom is -0.508 e. The summed E-state index contributed by atoms with van der Waals surface area (Å²) in [6.45, 7) is 5.60. The number of pyridine rings is 2. The number of nitrogens with zero attached hydrogens (tertiary/aromatic N) is 2. The van der Waals surface area contributed by atoms with Crippen LogP contribution in [0.4, 0.5) is 5.82 Å². The predicted octanol–water partition coefficient (Wildman–Crippen LogP) is 6.05. The van der Waals surface area contributed by atoms with Crippen LogP contribution >= 0.6 is 0 Å². The summed E-state index contributed by atoms with van der Waals surface area (Å²) in [5.74, 6) is 2.02. The lowest BCUT2D eigenvalue weighted by molar-refractivity contribution is 0.102. The Hall–Kier alpha value is -4.39. The number of ether oxygens (including phenoxy) is 1. The summed E-state index contributed by atoms with van der Waals surface area (Å²) in [7, 11) is 0. The van der Waals surface area contributed by atoms with E-state index in [1.807, 2.05) is 26.0 Å². The van der Waals surface area contributed by atoms with Crippen molar-refractivity contribution in [3.63, 3.8) is 0 Å². The number of hydrogen-bond acceptors (Lipinski definition) is 6. The molecular formula is C26H21N3O4. The summed E-state index contributed by atoms with van der Waals surface area (Å²) in [5, 5.41) is 14.0. The largest absolute Gasteiger partial charge is 0.508 e. The second-order valence-electron chi connectivity index (χ2n) is 7.93. The first kappa shape index (κ1) is 20.5. The third-order valence-corrected chi connectivity index (χ3v) is 5.32. The normalized spacial score (nSPS) is 11.1. The lowest BCUT2D eigenvalue weighted by Gasteiger charge is -2.09. The number of rotatable bonds is 4. The third-order valence-electron chi connectivity index (χ3n) is 5.32. The van der Waals surface area contributed by atoms with Gasteiger partial charge in [-0.15, -0.1) is 0 Å². The molecule has 0 unspecified atom stereocenters. The number of aromatic hydroxyl groups is 1. The average molecular weight is 439 g/mol. The maximum atomic E-state index is 13.0. The van der Waals surface area contributed by atoms with Crippen molar-refractivity contribution in [2.45, 2.75) is 20.8 Å². The molecule has 7 heteroatoms. The van der Waals surface area contributed by atoms with Gasteiger partial charge in [-0.1, -0.05) is 0 Å². The Bertz CT molecular complexity index is 1520. The molecule has 2 N–H and O–H groups in total. The fraction of sp³-hybridized carbons (Fsp3) is 0.115. The lowest BCUT2D eigenvalue weighted by Crippen LogP contribution is -2.14. The van der Waals surface area contributed by atoms with Crippen molar-refractivity contribution >= 4 is 33.6 Å². The predicted molar refractivity (Wildman–Crippen MR) is 126 cm³/mol. The molecule has 0 bridgehead atoms. The number of phenols is 1. The molecule has 1 amide bonds. The molecule has 2 aromatic carbocycles. The van der Waals surface area contributed by atoms with Crippen LogP contribution in [-0.4, -0.2) is 21.0 Å². The molecular weight excluding hydrogens is 418 g/mol. The van der Waals surface area contributed by atoms with E-state index in [4.69, 9.17) is 9.15 Å². The van der Waals surface area contributed by atoms with E-state index in [-0.39, 0.29) is 11.7 Å². The first-order chi connectivity index (χ1) is 15.9. The van der Waals surface area contributed by atoms with Crippen LogP contribution in [0.15, 0.2) is 65.2 Å². The van der Waals surface area contributed by atoms with Gasteiger partial charge in [-0.3, -0.25) is 9.78 Å². The Kier molecular flexibility index (Phi) is 4.94. The number of carbonyl (C=O) groups excluding carboxylic acids is 1. The van der Waals surface area contributed by atoms with E-state index in [1.165, 1.54) is 0 Å². The zero-order valence-electron chi connectivity index (χ0n) is 18.3. The van der Waals surface area contributed by atoms with Gasteiger partial charge in [0, 0.05) is 34.8 Å². The smallest absolute Gasteiger partial charge is 0.260 e. The Morgan fingerprint density at radius 1 is 1.00 bits per heavy atom. The second-order valence-corrected chi connectivity index (χ2v) is 7.93. The van der Waals surface area contributed by atoms with Gasteiger partial charge >= 0.3 is 0 Å². The molecule has 0 aliphatic heterocycles. The second kappa shape index (κ2) is 7.94. The molecule has 0 saturated heterocycles. The highest BCUT2D eigenvalue weighted by molar-refractivity contribution is 6.13. The van der Waals surface area contributed by atoms with Crippen LogP contribution in [0.5, 0.6) is 17.2 Å². The minimum atomic E-state index is -0.280. The molecule has 33 heavy (non-hydrogen) atoms. The number of anilines is 1. The molecule has 0 spiro atoms. The zero-order chi connectivity index (χ0) is 23.1. The number of hydrogen-bond donors (Lipinski definition) is 2. The quantitative estimate of drug-likeness (QED) is 0.354. The summed E-state index contributed by atoms with van der Waals surface area (Å²) in [5.41, 5.74) is 3.48. The Morgan fingerprint density at radius 3 is 2.64 bits per heavy atom. The fourth-order valence-corrected chi connectivity index (χ4v) is 3.96. The van der Waals surface area contributed by atoms with Crippen LogP contribution in [0.1, 0.15) is 27.4 Å². The van der Waals surface area contributed by atoms with E-state index in [0.29, 0.717) is 45.1 Å². The van der Waals surface area contributed by atoms with E-state index < -0.39 is 0 Å². The molecule has 0 aliphatic carbocycles. The highest BCUT2D eigenvalue weighted by Crippen LogP contribution is 2.34. The molecule has 5 aromatic rings. The van der Waals surface area contributed by atoms with E-state index >= 15 is 0 Å². The average Bonchev–Trinajstić information content (AvgIpc) is 3.08. The van der Waals surface area contributed by atoms with E-state index in [2.05, 4.69) is 15.3 Å². The van der Waals surface area contributed by atoms with Gasteiger partial charge in [-0.25, -0.2) is 4.98 Å². The standard InChI is InChI=1S/C26H21N3O4/c1-14-10-15(2)28-24(11-14)29-26(31)25-16(3)32-23-13-18(5-7-20(23)25)33-22-8-9-27-21-12-17(30)4-6-19(21)22/h4-13,30H,1-3H3,(H,28,29,31). The van der Waals surface area contributed by atoms with Gasteiger partial charge in [0.15, 0.2) is 0 Å². The molecule has 3 aromatic heterocycles. The van der Waals surface area contributed by atoms with Crippen molar-refractivity contribution in [1.82, 2.24) is 9.97 Å². The minimum absolute atomic E-state index is 0.140. The summed E-state index contributed by atoms with van der Waals surface area (Å²) < 4.78 is 12.0. The topological polar surface area (TPSA) is 97.5 Å². The summed E-state index contributed by atoms with van der Waals surface area (Å²) >= 11 is 0. The van der Waals surface area contributed by atoms with Gasteiger partial charge in [0.05, 0.1) is 11.1 Å². The maximum absolute atomic E-state index is 13.0. The first-order valence-electron chi connectivity index (χ1n) is 10.4. The van der Waals surface area contributed by atoms with Crippen molar-refractivity contribution in [1.29, 1.82) is 0 Å². The van der Waals surface area contributed by atoms with Crippen LogP contribution in [0.3, 0.4) is 0 Å². The summed E-state index contributed by atoms with van der Waals surface area (Å²) in [4.78, 5) is 21.7. The Labute approximate surface area is 189 Å². The highest BCUT2D eigenvalue weighted by Gasteiger charge is 2.20. The van der Waals surface area contributed by atoms with Gasteiger partial charge < -0.3 is 19.6 Å². The Balaban J connectivity index is 1.46. The number of fused-ring (bicyclic) bond motifs is 2. The number of nitrogens with one attached hydrogen (secondary N) is 1. The lowest BCUT2D eigenvalue weighted by atomic mass is 10.1. The fourth-order valence-electron chi connectivity index (χ4n) is 3.96. The van der Waals surface area contributed by atoms with Gasteiger partial charge in [0.25, 0.3) is 5.91 Å². The first-order valence-corrected chi connectivity index (χ1v) is 10.4. The molecule has 3 heterocycles. The van der Waals surface area contributed by atoms with Crippen molar-refractivity contribution < 1.29 is 19.1 Å². The molecule has 0 aliphatic rings. The SMILES string of the molecule is Cc1cc(C)nc(NC(=O)c2c(C)oc3cc(Oc4ccnc5cc(O)ccc45)ccc23)c1. The molecule has 7 nitrogen and oxygen atoms in total. The molecule has 0 atom stereocenters. The number of aromatic nitrogens is 2. The number of aryl methyl sites for hydroxylation is 3.